The minimum absolute atomic E-state index is 0.866. The zero-order valence-electron chi connectivity index (χ0n) is 7.13. The number of halogens is 1. The van der Waals surface area contributed by atoms with Gasteiger partial charge in [0, 0.05) is 21.8 Å². The van der Waals surface area contributed by atoms with Crippen molar-refractivity contribution in [2.45, 2.75) is 6.92 Å². The van der Waals surface area contributed by atoms with E-state index in [2.05, 4.69) is 32.2 Å². The minimum atomic E-state index is 0.866. The fourth-order valence-electron chi connectivity index (χ4n) is 1.12. The second kappa shape index (κ2) is 3.34. The van der Waals surface area contributed by atoms with Crippen molar-refractivity contribution in [1.82, 2.24) is 10.2 Å². The van der Waals surface area contributed by atoms with E-state index in [0.29, 0.717) is 0 Å². The van der Waals surface area contributed by atoms with E-state index in [9.17, 15) is 0 Å². The van der Waals surface area contributed by atoms with Gasteiger partial charge in [-0.3, -0.25) is 5.10 Å². The van der Waals surface area contributed by atoms with Crippen LogP contribution < -0.4 is 0 Å². The number of aromatic amines is 1. The number of hydrogen-bond donors (Lipinski definition) is 1. The third-order valence-electron chi connectivity index (χ3n) is 1.76. The number of hydrogen-bond acceptors (Lipinski definition) is 1. The average Bonchev–Trinajstić information content (AvgIpc) is 2.53. The molecule has 13 heavy (non-hydrogen) atoms. The van der Waals surface area contributed by atoms with E-state index in [4.69, 9.17) is 0 Å². The van der Waals surface area contributed by atoms with Crippen LogP contribution in [0.15, 0.2) is 28.7 Å². The van der Waals surface area contributed by atoms with Crippen LogP contribution in [-0.2, 0) is 0 Å². The summed E-state index contributed by atoms with van der Waals surface area (Å²) in [5.41, 5.74) is 2.90. The lowest BCUT2D eigenvalue weighted by molar-refractivity contribution is 1.05. The smallest absolute Gasteiger partial charge is 0.100 e. The van der Waals surface area contributed by atoms with Crippen molar-refractivity contribution in [1.29, 1.82) is 0 Å². The van der Waals surface area contributed by atoms with Gasteiger partial charge in [0.2, 0.25) is 0 Å². The van der Waals surface area contributed by atoms with Crippen LogP contribution in [-0.4, -0.2) is 10.2 Å². The Balaban J connectivity index is 2.41. The molecular formula is C10H8BrN2. The summed E-state index contributed by atoms with van der Waals surface area (Å²) < 4.78 is 1.07. The molecule has 2 rings (SSSR count). The van der Waals surface area contributed by atoms with Gasteiger partial charge in [-0.05, 0) is 19.1 Å². The lowest BCUT2D eigenvalue weighted by atomic mass is 10.1. The van der Waals surface area contributed by atoms with Crippen LogP contribution in [0.3, 0.4) is 0 Å². The SMILES string of the molecule is Cc1[c]c(-c2ccc(Br)cc2)n[nH]1. The molecule has 1 radical (unpaired) electrons. The van der Waals surface area contributed by atoms with Crippen molar-refractivity contribution in [3.8, 4) is 11.3 Å². The summed E-state index contributed by atoms with van der Waals surface area (Å²) in [6.45, 7) is 1.94. The Labute approximate surface area is 85.1 Å². The molecule has 0 aliphatic heterocycles. The summed E-state index contributed by atoms with van der Waals surface area (Å²) >= 11 is 3.38. The fraction of sp³-hybridized carbons (Fsp3) is 0.100. The Morgan fingerprint density at radius 1 is 1.31 bits per heavy atom. The Kier molecular flexibility index (Phi) is 2.19. The molecular weight excluding hydrogens is 228 g/mol. The molecule has 0 saturated heterocycles. The number of rotatable bonds is 1. The van der Waals surface area contributed by atoms with Crippen molar-refractivity contribution in [3.05, 3.63) is 40.5 Å². The molecule has 0 bridgehead atoms. The highest BCUT2D eigenvalue weighted by atomic mass is 79.9. The molecule has 2 aromatic rings. The van der Waals surface area contributed by atoms with Crippen LogP contribution in [0.25, 0.3) is 11.3 Å². The number of nitrogens with zero attached hydrogens (tertiary/aromatic N) is 1. The van der Waals surface area contributed by atoms with E-state index in [-0.39, 0.29) is 0 Å². The summed E-state index contributed by atoms with van der Waals surface area (Å²) in [4.78, 5) is 0. The molecule has 0 amide bonds. The topological polar surface area (TPSA) is 28.7 Å². The zero-order valence-corrected chi connectivity index (χ0v) is 8.72. The largest absolute Gasteiger partial charge is 0.282 e. The second-order valence-electron chi connectivity index (χ2n) is 2.83. The number of aromatic nitrogens is 2. The van der Waals surface area contributed by atoms with E-state index in [1.165, 1.54) is 0 Å². The molecule has 1 aromatic heterocycles. The van der Waals surface area contributed by atoms with Crippen LogP contribution in [0.1, 0.15) is 5.69 Å². The quantitative estimate of drug-likeness (QED) is 0.810. The molecule has 1 N–H and O–H groups in total. The summed E-state index contributed by atoms with van der Waals surface area (Å²) in [5, 5.41) is 6.98. The Morgan fingerprint density at radius 3 is 2.54 bits per heavy atom. The Morgan fingerprint density at radius 2 is 2.00 bits per heavy atom. The molecule has 0 unspecified atom stereocenters. The average molecular weight is 236 g/mol. The first kappa shape index (κ1) is 8.51. The van der Waals surface area contributed by atoms with Gasteiger partial charge in [-0.15, -0.1) is 0 Å². The normalized spacial score (nSPS) is 10.3. The fourth-order valence-corrected chi connectivity index (χ4v) is 1.38. The van der Waals surface area contributed by atoms with E-state index in [1.54, 1.807) is 0 Å². The number of benzene rings is 1. The Bertz CT molecular complexity index is 403. The van der Waals surface area contributed by atoms with Gasteiger partial charge in [-0.25, -0.2) is 0 Å². The second-order valence-corrected chi connectivity index (χ2v) is 3.74. The van der Waals surface area contributed by atoms with Crippen LogP contribution in [0.2, 0.25) is 0 Å². The van der Waals surface area contributed by atoms with Crippen LogP contribution in [0, 0.1) is 13.0 Å². The van der Waals surface area contributed by atoms with E-state index < -0.39 is 0 Å². The number of nitrogens with one attached hydrogen (secondary N) is 1. The van der Waals surface area contributed by atoms with Gasteiger partial charge >= 0.3 is 0 Å². The first-order valence-electron chi connectivity index (χ1n) is 3.96. The lowest BCUT2D eigenvalue weighted by Gasteiger charge is -1.94. The third-order valence-corrected chi connectivity index (χ3v) is 2.29. The van der Waals surface area contributed by atoms with E-state index in [0.717, 1.165) is 21.4 Å². The molecule has 0 atom stereocenters. The molecule has 3 heteroatoms. The highest BCUT2D eigenvalue weighted by Crippen LogP contribution is 2.19. The highest BCUT2D eigenvalue weighted by Gasteiger charge is 2.00. The number of H-pyrrole nitrogens is 1. The number of aryl methyl sites for hydroxylation is 1. The van der Waals surface area contributed by atoms with Gasteiger partial charge in [0.25, 0.3) is 0 Å². The Hall–Kier alpha value is -1.09. The maximum atomic E-state index is 4.12. The molecule has 0 spiro atoms. The van der Waals surface area contributed by atoms with Crippen molar-refractivity contribution in [3.63, 3.8) is 0 Å². The molecule has 65 valence electrons. The lowest BCUT2D eigenvalue weighted by Crippen LogP contribution is -1.76. The van der Waals surface area contributed by atoms with Gasteiger partial charge in [-0.1, -0.05) is 28.1 Å². The summed E-state index contributed by atoms with van der Waals surface area (Å²) in [6.07, 6.45) is 0. The van der Waals surface area contributed by atoms with Gasteiger partial charge < -0.3 is 0 Å². The van der Waals surface area contributed by atoms with Crippen molar-refractivity contribution < 1.29 is 0 Å². The van der Waals surface area contributed by atoms with Gasteiger partial charge in [-0.2, -0.15) is 5.10 Å². The highest BCUT2D eigenvalue weighted by molar-refractivity contribution is 9.10. The minimum Gasteiger partial charge on any atom is -0.282 e. The predicted octanol–water partition coefficient (Wildman–Crippen LogP) is 2.95. The molecule has 1 aromatic carbocycles. The van der Waals surface area contributed by atoms with Crippen LogP contribution >= 0.6 is 15.9 Å². The molecule has 0 fully saturated rings. The molecule has 0 aliphatic carbocycles. The maximum Gasteiger partial charge on any atom is 0.100 e. The molecule has 2 nitrogen and oxygen atoms in total. The summed E-state index contributed by atoms with van der Waals surface area (Å²) in [6, 6.07) is 11.1. The maximum absolute atomic E-state index is 4.12. The van der Waals surface area contributed by atoms with Crippen molar-refractivity contribution in [2.24, 2.45) is 0 Å². The third kappa shape index (κ3) is 1.80. The molecule has 1 heterocycles. The van der Waals surface area contributed by atoms with Gasteiger partial charge in [0.15, 0.2) is 0 Å². The van der Waals surface area contributed by atoms with Crippen LogP contribution in [0.4, 0.5) is 0 Å². The molecule has 0 saturated carbocycles. The standard InChI is InChI=1S/C10H8BrN2/c1-7-6-10(13-12-7)8-2-4-9(11)5-3-8/h2-5H,1H3,(H,12,13). The van der Waals surface area contributed by atoms with Gasteiger partial charge in [0.1, 0.15) is 5.69 Å². The van der Waals surface area contributed by atoms with Crippen LogP contribution in [0.5, 0.6) is 0 Å². The van der Waals surface area contributed by atoms with Crippen molar-refractivity contribution in [2.75, 3.05) is 0 Å². The zero-order chi connectivity index (χ0) is 9.26. The summed E-state index contributed by atoms with van der Waals surface area (Å²) in [5.74, 6) is 0. The van der Waals surface area contributed by atoms with E-state index in [1.807, 2.05) is 31.2 Å². The first-order valence-corrected chi connectivity index (χ1v) is 4.75. The predicted molar refractivity (Wildman–Crippen MR) is 55.3 cm³/mol. The first-order chi connectivity index (χ1) is 6.25. The summed E-state index contributed by atoms with van der Waals surface area (Å²) in [7, 11) is 0. The monoisotopic (exact) mass is 235 g/mol. The van der Waals surface area contributed by atoms with Crippen molar-refractivity contribution >= 4 is 15.9 Å². The molecule has 0 aliphatic rings. The van der Waals surface area contributed by atoms with Gasteiger partial charge in [0.05, 0.1) is 0 Å². The van der Waals surface area contributed by atoms with E-state index >= 15 is 0 Å².